The molecule has 0 spiro atoms. The second-order valence-electron chi connectivity index (χ2n) is 7.53. The van der Waals surface area contributed by atoms with Crippen molar-refractivity contribution in [3.05, 3.63) is 89.5 Å². The third-order valence-corrected chi connectivity index (χ3v) is 4.47. The van der Waals surface area contributed by atoms with Gasteiger partial charge in [-0.2, -0.15) is 0 Å². The lowest BCUT2D eigenvalue weighted by molar-refractivity contribution is 0.101. The molecule has 0 saturated carbocycles. The number of benzene rings is 3. The van der Waals surface area contributed by atoms with Crippen molar-refractivity contribution < 1.29 is 14.3 Å². The second-order valence-corrected chi connectivity index (χ2v) is 7.53. The Morgan fingerprint density at radius 1 is 0.833 bits per heavy atom. The van der Waals surface area contributed by atoms with Crippen LogP contribution < -0.4 is 15.4 Å². The van der Waals surface area contributed by atoms with E-state index in [4.69, 9.17) is 4.74 Å². The lowest BCUT2D eigenvalue weighted by atomic mass is 10.1. The van der Waals surface area contributed by atoms with Crippen LogP contribution in [0.25, 0.3) is 0 Å². The molecule has 3 aromatic carbocycles. The first kappa shape index (κ1) is 21.1. The Bertz CT molecular complexity index is 1030. The fourth-order valence-electron chi connectivity index (χ4n) is 2.86. The van der Waals surface area contributed by atoms with E-state index < -0.39 is 0 Å². The van der Waals surface area contributed by atoms with Crippen molar-refractivity contribution >= 4 is 23.2 Å². The summed E-state index contributed by atoms with van der Waals surface area (Å²) in [5.41, 5.74) is 3.37. The third-order valence-electron chi connectivity index (χ3n) is 4.47. The van der Waals surface area contributed by atoms with Gasteiger partial charge in [-0.25, -0.2) is 0 Å². The molecule has 0 fully saturated rings. The van der Waals surface area contributed by atoms with Gasteiger partial charge in [0.2, 0.25) is 0 Å². The molecule has 30 heavy (non-hydrogen) atoms. The monoisotopic (exact) mass is 402 g/mol. The Hall–Kier alpha value is -3.60. The highest BCUT2D eigenvalue weighted by atomic mass is 16.5. The Balaban J connectivity index is 1.61. The van der Waals surface area contributed by atoms with Crippen LogP contribution in [0.1, 0.15) is 40.1 Å². The van der Waals surface area contributed by atoms with E-state index in [0.29, 0.717) is 40.8 Å². The van der Waals surface area contributed by atoms with Crippen LogP contribution in [0, 0.1) is 12.8 Å². The first-order valence-corrected chi connectivity index (χ1v) is 9.93. The molecule has 2 N–H and O–H groups in total. The SMILES string of the molecule is Cc1ccccc1C(=O)Nc1ccc(NC(=O)c2cccc(OCC(C)C)c2)cc1. The van der Waals surface area contributed by atoms with E-state index in [-0.39, 0.29) is 11.8 Å². The quantitative estimate of drug-likeness (QED) is 0.546. The maximum Gasteiger partial charge on any atom is 0.255 e. The van der Waals surface area contributed by atoms with Gasteiger partial charge in [0.15, 0.2) is 0 Å². The molecule has 3 aromatic rings. The van der Waals surface area contributed by atoms with Crippen LogP contribution in [0.5, 0.6) is 5.75 Å². The minimum atomic E-state index is -0.221. The van der Waals surface area contributed by atoms with Crippen LogP contribution in [0.3, 0.4) is 0 Å². The van der Waals surface area contributed by atoms with Gasteiger partial charge in [0.1, 0.15) is 5.75 Å². The number of aryl methyl sites for hydroxylation is 1. The zero-order valence-electron chi connectivity index (χ0n) is 17.4. The predicted octanol–water partition coefficient (Wildman–Crippen LogP) is 5.53. The fraction of sp³-hybridized carbons (Fsp3) is 0.200. The standard InChI is InChI=1S/C25H26N2O3/c1-17(2)16-30-22-9-6-8-19(15-22)24(28)26-20-11-13-21(14-12-20)27-25(29)23-10-5-4-7-18(23)3/h4-15,17H,16H2,1-3H3,(H,26,28)(H,27,29). The number of rotatable bonds is 7. The molecular weight excluding hydrogens is 376 g/mol. The molecule has 154 valence electrons. The van der Waals surface area contributed by atoms with E-state index in [0.717, 1.165) is 5.56 Å². The third kappa shape index (κ3) is 5.70. The van der Waals surface area contributed by atoms with Crippen molar-refractivity contribution in [2.45, 2.75) is 20.8 Å². The summed E-state index contributed by atoms with van der Waals surface area (Å²) in [6.07, 6.45) is 0. The molecular formula is C25H26N2O3. The van der Waals surface area contributed by atoms with E-state index in [1.165, 1.54) is 0 Å². The molecule has 0 aliphatic heterocycles. The molecule has 0 radical (unpaired) electrons. The number of hydrogen-bond donors (Lipinski definition) is 2. The summed E-state index contributed by atoms with van der Waals surface area (Å²) in [5, 5.41) is 5.74. The zero-order chi connectivity index (χ0) is 21.5. The predicted molar refractivity (Wildman–Crippen MR) is 120 cm³/mol. The normalized spacial score (nSPS) is 10.5. The van der Waals surface area contributed by atoms with Gasteiger partial charge < -0.3 is 15.4 Å². The van der Waals surface area contributed by atoms with Crippen molar-refractivity contribution in [1.82, 2.24) is 0 Å². The Kier molecular flexibility index (Phi) is 6.86. The number of ether oxygens (including phenoxy) is 1. The zero-order valence-corrected chi connectivity index (χ0v) is 17.4. The molecule has 5 heteroatoms. The van der Waals surface area contributed by atoms with Gasteiger partial charge in [-0.05, 0) is 66.9 Å². The number of carbonyl (C=O) groups excluding carboxylic acids is 2. The van der Waals surface area contributed by atoms with Crippen LogP contribution in [0.2, 0.25) is 0 Å². The van der Waals surface area contributed by atoms with Crippen LogP contribution in [0.15, 0.2) is 72.8 Å². The lowest BCUT2D eigenvalue weighted by Gasteiger charge is -2.11. The summed E-state index contributed by atoms with van der Waals surface area (Å²) < 4.78 is 5.69. The summed E-state index contributed by atoms with van der Waals surface area (Å²) in [5.74, 6) is 0.697. The number of anilines is 2. The van der Waals surface area contributed by atoms with Gasteiger partial charge in [0.25, 0.3) is 11.8 Å². The maximum atomic E-state index is 12.6. The van der Waals surface area contributed by atoms with Gasteiger partial charge in [-0.1, -0.05) is 38.1 Å². The number of nitrogens with one attached hydrogen (secondary N) is 2. The topological polar surface area (TPSA) is 67.4 Å². The van der Waals surface area contributed by atoms with E-state index in [1.807, 2.05) is 31.2 Å². The van der Waals surface area contributed by atoms with Gasteiger partial charge in [-0.3, -0.25) is 9.59 Å². The summed E-state index contributed by atoms with van der Waals surface area (Å²) >= 11 is 0. The average molecular weight is 402 g/mol. The molecule has 0 saturated heterocycles. The molecule has 5 nitrogen and oxygen atoms in total. The van der Waals surface area contributed by atoms with Crippen LogP contribution in [0.4, 0.5) is 11.4 Å². The van der Waals surface area contributed by atoms with E-state index >= 15 is 0 Å². The second kappa shape index (κ2) is 9.74. The molecule has 0 aromatic heterocycles. The van der Waals surface area contributed by atoms with E-state index in [2.05, 4.69) is 24.5 Å². The van der Waals surface area contributed by atoms with Crippen molar-refractivity contribution in [3.63, 3.8) is 0 Å². The molecule has 0 bridgehead atoms. The number of hydrogen-bond acceptors (Lipinski definition) is 3. The summed E-state index contributed by atoms with van der Waals surface area (Å²) in [6, 6.07) is 21.6. The Morgan fingerprint density at radius 3 is 2.10 bits per heavy atom. The van der Waals surface area contributed by atoms with Crippen molar-refractivity contribution in [2.75, 3.05) is 17.2 Å². The highest BCUT2D eigenvalue weighted by molar-refractivity contribution is 6.06. The highest BCUT2D eigenvalue weighted by Crippen LogP contribution is 2.19. The Morgan fingerprint density at radius 2 is 1.47 bits per heavy atom. The lowest BCUT2D eigenvalue weighted by Crippen LogP contribution is -2.14. The van der Waals surface area contributed by atoms with Crippen molar-refractivity contribution in [3.8, 4) is 5.75 Å². The maximum absolute atomic E-state index is 12.6. The molecule has 0 unspecified atom stereocenters. The van der Waals surface area contributed by atoms with E-state index in [1.54, 1.807) is 48.5 Å². The minimum Gasteiger partial charge on any atom is -0.493 e. The summed E-state index contributed by atoms with van der Waals surface area (Å²) in [6.45, 7) is 6.64. The van der Waals surface area contributed by atoms with Gasteiger partial charge in [0.05, 0.1) is 6.61 Å². The molecule has 0 aliphatic carbocycles. The van der Waals surface area contributed by atoms with Gasteiger partial charge in [-0.15, -0.1) is 0 Å². The first-order chi connectivity index (χ1) is 14.4. The van der Waals surface area contributed by atoms with Crippen LogP contribution in [-0.2, 0) is 0 Å². The van der Waals surface area contributed by atoms with Crippen molar-refractivity contribution in [2.24, 2.45) is 5.92 Å². The highest BCUT2D eigenvalue weighted by Gasteiger charge is 2.10. The summed E-state index contributed by atoms with van der Waals surface area (Å²) in [4.78, 5) is 25.0. The van der Waals surface area contributed by atoms with E-state index in [9.17, 15) is 9.59 Å². The smallest absolute Gasteiger partial charge is 0.255 e. The largest absolute Gasteiger partial charge is 0.493 e. The van der Waals surface area contributed by atoms with Gasteiger partial charge in [0, 0.05) is 22.5 Å². The van der Waals surface area contributed by atoms with Crippen LogP contribution >= 0.6 is 0 Å². The van der Waals surface area contributed by atoms with Gasteiger partial charge >= 0.3 is 0 Å². The average Bonchev–Trinajstić information content (AvgIpc) is 2.74. The molecule has 2 amide bonds. The molecule has 0 atom stereocenters. The van der Waals surface area contributed by atoms with Crippen LogP contribution in [-0.4, -0.2) is 18.4 Å². The fourth-order valence-corrected chi connectivity index (χ4v) is 2.86. The summed E-state index contributed by atoms with van der Waals surface area (Å²) in [7, 11) is 0. The minimum absolute atomic E-state index is 0.164. The number of carbonyl (C=O) groups is 2. The molecule has 0 aliphatic rings. The first-order valence-electron chi connectivity index (χ1n) is 9.93. The Labute approximate surface area is 177 Å². The number of amides is 2. The molecule has 3 rings (SSSR count). The molecule has 0 heterocycles. The van der Waals surface area contributed by atoms with Crippen molar-refractivity contribution in [1.29, 1.82) is 0 Å².